The predicted octanol–water partition coefficient (Wildman–Crippen LogP) is 9.08. The van der Waals surface area contributed by atoms with Crippen LogP contribution in [0.3, 0.4) is 0 Å². The highest BCUT2D eigenvalue weighted by Gasteiger charge is 2.20. The Morgan fingerprint density at radius 2 is 1.47 bits per heavy atom. The summed E-state index contributed by atoms with van der Waals surface area (Å²) in [6.07, 6.45) is 5.93. The summed E-state index contributed by atoms with van der Waals surface area (Å²) < 4.78 is 25.7. The van der Waals surface area contributed by atoms with Crippen molar-refractivity contribution < 1.29 is 18.9 Å². The summed E-state index contributed by atoms with van der Waals surface area (Å²) in [5.41, 5.74) is 4.84. The van der Waals surface area contributed by atoms with Gasteiger partial charge in [-0.05, 0) is 147 Å². The zero-order valence-corrected chi connectivity index (χ0v) is 29.7. The minimum Gasteiger partial charge on any atom is -0.493 e. The number of benzene rings is 4. The van der Waals surface area contributed by atoms with Gasteiger partial charge in [-0.25, -0.2) is 0 Å². The summed E-state index contributed by atoms with van der Waals surface area (Å²) in [5.74, 6) is 3.37. The third-order valence-corrected chi connectivity index (χ3v) is 11.1. The minimum atomic E-state index is 0.384. The topological polar surface area (TPSA) is 43.4 Å². The van der Waals surface area contributed by atoms with Crippen LogP contribution in [-0.4, -0.2) is 68.9 Å². The number of rotatable bonds is 15. The fourth-order valence-corrected chi connectivity index (χ4v) is 8.27. The molecule has 0 spiro atoms. The molecule has 2 aliphatic heterocycles. The smallest absolute Gasteiger partial charge is 0.161 e. The molecule has 5 aromatic rings. The van der Waals surface area contributed by atoms with Crippen molar-refractivity contribution in [2.75, 3.05) is 53.0 Å². The van der Waals surface area contributed by atoms with Crippen LogP contribution in [0.1, 0.15) is 49.3 Å². The Kier molecular flexibility index (Phi) is 11.0. The van der Waals surface area contributed by atoms with Crippen LogP contribution in [0.2, 0.25) is 0 Å². The van der Waals surface area contributed by atoms with Gasteiger partial charge < -0.3 is 18.9 Å². The van der Waals surface area contributed by atoms with Crippen molar-refractivity contribution >= 4 is 21.4 Å². The molecule has 0 N–H and O–H groups in total. The maximum Gasteiger partial charge on any atom is 0.161 e. The molecule has 49 heavy (non-hydrogen) atoms. The molecule has 2 fully saturated rings. The summed E-state index contributed by atoms with van der Waals surface area (Å²) in [5, 5.41) is 1.25. The van der Waals surface area contributed by atoms with Crippen molar-refractivity contribution in [3.8, 4) is 33.4 Å². The molecule has 1 unspecified atom stereocenters. The Balaban J connectivity index is 1.12. The van der Waals surface area contributed by atoms with Gasteiger partial charge in [0.05, 0.1) is 7.11 Å². The first-order valence-corrected chi connectivity index (χ1v) is 18.7. The quantitative estimate of drug-likeness (QED) is 0.110. The second-order valence-electron chi connectivity index (χ2n) is 13.3. The number of nitrogens with zero attached hydrogens (tertiary/aromatic N) is 2. The second-order valence-corrected chi connectivity index (χ2v) is 14.4. The number of thiophene rings is 1. The van der Waals surface area contributed by atoms with Crippen molar-refractivity contribution in [1.82, 2.24) is 9.80 Å². The van der Waals surface area contributed by atoms with Crippen molar-refractivity contribution in [3.05, 3.63) is 108 Å². The van der Waals surface area contributed by atoms with Crippen molar-refractivity contribution in [2.24, 2.45) is 0 Å². The number of hydrogen-bond acceptors (Lipinski definition) is 7. The lowest BCUT2D eigenvalue weighted by Crippen LogP contribution is -2.34. The largest absolute Gasteiger partial charge is 0.493 e. The predicted molar refractivity (Wildman–Crippen MR) is 201 cm³/mol. The van der Waals surface area contributed by atoms with Crippen LogP contribution >= 0.6 is 11.3 Å². The fourth-order valence-electron chi connectivity index (χ4n) is 7.01. The monoisotopic (exact) mass is 676 g/mol. The maximum atomic E-state index is 6.30. The number of fused-ring (bicyclic) bond motifs is 1. The summed E-state index contributed by atoms with van der Waals surface area (Å²) in [6.45, 7) is 9.86. The molecule has 0 radical (unpaired) electrons. The zero-order chi connectivity index (χ0) is 33.4. The molecule has 2 aliphatic rings. The van der Waals surface area contributed by atoms with Gasteiger partial charge in [0.2, 0.25) is 0 Å². The molecule has 256 valence electrons. The molecule has 4 aromatic carbocycles. The van der Waals surface area contributed by atoms with Gasteiger partial charge in [0, 0.05) is 22.2 Å². The van der Waals surface area contributed by atoms with Crippen molar-refractivity contribution in [1.29, 1.82) is 0 Å². The Labute approximate surface area is 295 Å². The van der Waals surface area contributed by atoms with Gasteiger partial charge in [0.15, 0.2) is 11.5 Å². The lowest BCUT2D eigenvalue weighted by Gasteiger charge is -2.24. The molecule has 7 heteroatoms. The van der Waals surface area contributed by atoms with Crippen LogP contribution in [0.15, 0.2) is 91.0 Å². The highest BCUT2D eigenvalue weighted by atomic mass is 32.1. The van der Waals surface area contributed by atoms with Crippen LogP contribution in [0.25, 0.3) is 20.5 Å². The van der Waals surface area contributed by atoms with E-state index in [0.29, 0.717) is 19.3 Å². The highest BCUT2D eigenvalue weighted by Crippen LogP contribution is 2.42. The average molecular weight is 677 g/mol. The summed E-state index contributed by atoms with van der Waals surface area (Å²) in [4.78, 5) is 6.26. The zero-order valence-electron chi connectivity index (χ0n) is 28.9. The van der Waals surface area contributed by atoms with Gasteiger partial charge in [-0.1, -0.05) is 36.4 Å². The molecule has 2 saturated heterocycles. The first-order valence-electron chi connectivity index (χ1n) is 17.8. The maximum absolute atomic E-state index is 6.30. The van der Waals surface area contributed by atoms with Crippen molar-refractivity contribution in [3.63, 3.8) is 0 Å². The normalized spacial score (nSPS) is 15.9. The van der Waals surface area contributed by atoms with Crippen LogP contribution in [-0.2, 0) is 13.0 Å². The van der Waals surface area contributed by atoms with E-state index in [1.807, 2.05) is 29.5 Å². The second kappa shape index (κ2) is 16.1. The Morgan fingerprint density at radius 1 is 0.714 bits per heavy atom. The number of methoxy groups -OCH3 is 1. The van der Waals surface area contributed by atoms with Crippen LogP contribution in [0, 0.1) is 0 Å². The molecule has 0 bridgehead atoms. The third-order valence-electron chi connectivity index (χ3n) is 9.86. The van der Waals surface area contributed by atoms with Crippen molar-refractivity contribution in [2.45, 2.75) is 51.7 Å². The molecule has 1 atom stereocenters. The molecular formula is C42H48N2O4S. The van der Waals surface area contributed by atoms with Gasteiger partial charge in [0.1, 0.15) is 31.3 Å². The van der Waals surface area contributed by atoms with E-state index in [9.17, 15) is 0 Å². The van der Waals surface area contributed by atoms with Gasteiger partial charge in [-0.2, -0.15) is 0 Å². The third kappa shape index (κ3) is 8.41. The van der Waals surface area contributed by atoms with Crippen LogP contribution in [0.4, 0.5) is 0 Å². The molecule has 0 amide bonds. The first-order chi connectivity index (χ1) is 24.1. The van der Waals surface area contributed by atoms with E-state index in [1.165, 1.54) is 70.4 Å². The Bertz CT molecular complexity index is 1790. The van der Waals surface area contributed by atoms with Gasteiger partial charge in [-0.15, -0.1) is 11.3 Å². The fraction of sp³-hybridized carbons (Fsp3) is 0.381. The molecule has 7 rings (SSSR count). The molecule has 0 saturated carbocycles. The number of hydrogen-bond donors (Lipinski definition) is 0. The lowest BCUT2D eigenvalue weighted by atomic mass is 9.98. The molecule has 0 aliphatic carbocycles. The van der Waals surface area contributed by atoms with Crippen LogP contribution < -0.4 is 18.9 Å². The van der Waals surface area contributed by atoms with E-state index < -0.39 is 0 Å². The van der Waals surface area contributed by atoms with E-state index in [2.05, 4.69) is 89.5 Å². The Hall–Kier alpha value is -4.04. The summed E-state index contributed by atoms with van der Waals surface area (Å²) in [7, 11) is 1.73. The summed E-state index contributed by atoms with van der Waals surface area (Å²) >= 11 is 1.82. The number of likely N-dealkylation sites (tertiary alicyclic amines) is 2. The standard InChI is InChI=1S/C42H48N2O4S/c1-31(44-22-8-9-23-44)29-48-39-19-12-33(27-40(39)45-2)26-38-37-18-17-36(47-30-32-10-4-3-5-11-32)28-41(37)49-42(38)34-13-15-35(16-14-34)46-25-24-43-20-6-7-21-43/h3-5,10-19,27-28,31H,6-9,20-26,29-30H2,1-2H3. The lowest BCUT2D eigenvalue weighted by molar-refractivity contribution is 0.169. The van der Waals surface area contributed by atoms with Gasteiger partial charge >= 0.3 is 0 Å². The highest BCUT2D eigenvalue weighted by molar-refractivity contribution is 7.22. The van der Waals surface area contributed by atoms with E-state index in [4.69, 9.17) is 18.9 Å². The average Bonchev–Trinajstić information content (AvgIpc) is 3.94. The number of ether oxygens (including phenoxy) is 4. The minimum absolute atomic E-state index is 0.384. The van der Waals surface area contributed by atoms with E-state index in [0.717, 1.165) is 61.2 Å². The van der Waals surface area contributed by atoms with E-state index in [1.54, 1.807) is 7.11 Å². The molecule has 1 aromatic heterocycles. The van der Waals surface area contributed by atoms with Gasteiger partial charge in [-0.3, -0.25) is 9.80 Å². The van der Waals surface area contributed by atoms with E-state index >= 15 is 0 Å². The van der Waals surface area contributed by atoms with E-state index in [-0.39, 0.29) is 0 Å². The first kappa shape index (κ1) is 33.5. The molecule has 6 nitrogen and oxygen atoms in total. The van der Waals surface area contributed by atoms with Gasteiger partial charge in [0.25, 0.3) is 0 Å². The molecule has 3 heterocycles. The van der Waals surface area contributed by atoms with Crippen LogP contribution in [0.5, 0.6) is 23.0 Å². The SMILES string of the molecule is COc1cc(Cc2c(-c3ccc(OCCN4CCCC4)cc3)sc3cc(OCc4ccccc4)ccc23)ccc1OCC(C)N1CCCC1. The Morgan fingerprint density at radius 3 is 2.24 bits per heavy atom. The summed E-state index contributed by atoms with van der Waals surface area (Å²) in [6, 6.07) is 32.2. The molecular weight excluding hydrogens is 629 g/mol.